The molecule has 0 N–H and O–H groups in total. The van der Waals surface area contributed by atoms with E-state index in [1.165, 1.54) is 11.1 Å². The first-order valence-corrected chi connectivity index (χ1v) is 8.33. The van der Waals surface area contributed by atoms with Crippen LogP contribution in [-0.2, 0) is 27.4 Å². The van der Waals surface area contributed by atoms with Crippen LogP contribution in [0.5, 0.6) is 0 Å². The van der Waals surface area contributed by atoms with Crippen molar-refractivity contribution in [1.29, 1.82) is 0 Å². The molecule has 1 saturated heterocycles. The Labute approximate surface area is 137 Å². The number of epoxide rings is 1. The van der Waals surface area contributed by atoms with Crippen LogP contribution in [0.4, 0.5) is 0 Å². The van der Waals surface area contributed by atoms with Crippen molar-refractivity contribution >= 4 is 0 Å². The van der Waals surface area contributed by atoms with E-state index in [1.54, 1.807) is 0 Å². The van der Waals surface area contributed by atoms with Gasteiger partial charge in [0.1, 0.15) is 6.10 Å². The highest BCUT2D eigenvalue weighted by Gasteiger charge is 2.56. The number of rotatable bonds is 7. The van der Waals surface area contributed by atoms with E-state index >= 15 is 0 Å². The third-order valence-electron chi connectivity index (χ3n) is 4.67. The summed E-state index contributed by atoms with van der Waals surface area (Å²) in [5.41, 5.74) is 2.43. The molecule has 0 amide bonds. The highest BCUT2D eigenvalue weighted by Crippen LogP contribution is 2.44. The molecule has 3 nitrogen and oxygen atoms in total. The van der Waals surface area contributed by atoms with Crippen LogP contribution in [0.3, 0.4) is 0 Å². The molecule has 0 aromatic heterocycles. The molecule has 0 spiro atoms. The molecule has 1 heterocycles. The van der Waals surface area contributed by atoms with Gasteiger partial charge in [-0.25, -0.2) is 0 Å². The Morgan fingerprint density at radius 2 is 1.52 bits per heavy atom. The van der Waals surface area contributed by atoms with Crippen molar-refractivity contribution in [3.8, 4) is 0 Å². The standard InChI is InChI=1S/C20H22O3/c1-3-7-15(8-4-1)12-21-14-17-11-18-20(23-18)19(17)22-13-16-9-5-2-6-10-16/h1-10,17-20H,11-14H2/t17-,18+,19-,20+/m1/s1. The third kappa shape index (κ3) is 3.63. The molecule has 0 unspecified atom stereocenters. The van der Waals surface area contributed by atoms with Crippen LogP contribution in [0.15, 0.2) is 60.7 Å². The summed E-state index contributed by atoms with van der Waals surface area (Å²) in [6, 6.07) is 20.6. The number of fused-ring (bicyclic) bond motifs is 1. The minimum absolute atomic E-state index is 0.163. The Balaban J connectivity index is 1.28. The first-order valence-electron chi connectivity index (χ1n) is 8.33. The van der Waals surface area contributed by atoms with Gasteiger partial charge in [0.05, 0.1) is 32.0 Å². The fraction of sp³-hybridized carbons (Fsp3) is 0.400. The van der Waals surface area contributed by atoms with Gasteiger partial charge in [0, 0.05) is 5.92 Å². The van der Waals surface area contributed by atoms with Crippen molar-refractivity contribution in [2.45, 2.75) is 37.9 Å². The molecule has 23 heavy (non-hydrogen) atoms. The average Bonchev–Trinajstić information content (AvgIpc) is 3.28. The fourth-order valence-electron chi connectivity index (χ4n) is 3.40. The minimum Gasteiger partial charge on any atom is -0.376 e. The van der Waals surface area contributed by atoms with Crippen molar-refractivity contribution in [2.24, 2.45) is 5.92 Å². The average molecular weight is 310 g/mol. The summed E-state index contributed by atoms with van der Waals surface area (Å²) in [5, 5.41) is 0. The van der Waals surface area contributed by atoms with E-state index in [-0.39, 0.29) is 12.2 Å². The van der Waals surface area contributed by atoms with Crippen molar-refractivity contribution in [3.63, 3.8) is 0 Å². The van der Waals surface area contributed by atoms with Gasteiger partial charge in [-0.15, -0.1) is 0 Å². The molecule has 1 aliphatic carbocycles. The normalized spacial score (nSPS) is 28.5. The second-order valence-corrected chi connectivity index (χ2v) is 6.40. The monoisotopic (exact) mass is 310 g/mol. The lowest BCUT2D eigenvalue weighted by molar-refractivity contribution is -0.0470. The van der Waals surface area contributed by atoms with Crippen LogP contribution in [0.25, 0.3) is 0 Å². The summed E-state index contributed by atoms with van der Waals surface area (Å²) < 4.78 is 17.7. The summed E-state index contributed by atoms with van der Waals surface area (Å²) in [6.07, 6.45) is 1.89. The smallest absolute Gasteiger partial charge is 0.111 e. The topological polar surface area (TPSA) is 31.0 Å². The van der Waals surface area contributed by atoms with Gasteiger partial charge in [-0.3, -0.25) is 0 Å². The molecule has 0 radical (unpaired) electrons. The molecular formula is C20H22O3. The summed E-state index contributed by atoms with van der Waals surface area (Å²) >= 11 is 0. The molecule has 120 valence electrons. The fourth-order valence-corrected chi connectivity index (χ4v) is 3.40. The van der Waals surface area contributed by atoms with Crippen LogP contribution >= 0.6 is 0 Å². The van der Waals surface area contributed by atoms with Gasteiger partial charge in [-0.1, -0.05) is 60.7 Å². The molecule has 4 atom stereocenters. The van der Waals surface area contributed by atoms with Gasteiger partial charge in [0.2, 0.25) is 0 Å². The predicted octanol–water partition coefficient (Wildman–Crippen LogP) is 3.58. The quantitative estimate of drug-likeness (QED) is 0.733. The number of ether oxygens (including phenoxy) is 3. The highest BCUT2D eigenvalue weighted by atomic mass is 16.6. The molecule has 4 rings (SSSR count). The molecule has 1 saturated carbocycles. The maximum absolute atomic E-state index is 6.15. The van der Waals surface area contributed by atoms with E-state index in [2.05, 4.69) is 24.3 Å². The Morgan fingerprint density at radius 3 is 2.22 bits per heavy atom. The molecule has 1 aliphatic heterocycles. The van der Waals surface area contributed by atoms with Crippen molar-refractivity contribution in [3.05, 3.63) is 71.8 Å². The number of benzene rings is 2. The van der Waals surface area contributed by atoms with E-state index in [4.69, 9.17) is 14.2 Å². The van der Waals surface area contributed by atoms with Crippen LogP contribution < -0.4 is 0 Å². The SMILES string of the molecule is c1ccc(COC[C@H]2C[C@@H]3O[C@@H]3[C@@H]2OCc2ccccc2)cc1. The van der Waals surface area contributed by atoms with Gasteiger partial charge in [0.15, 0.2) is 0 Å². The number of hydrogen-bond donors (Lipinski definition) is 0. The Morgan fingerprint density at radius 1 is 0.870 bits per heavy atom. The molecule has 2 aliphatic rings. The van der Waals surface area contributed by atoms with E-state index < -0.39 is 0 Å². The zero-order valence-electron chi connectivity index (χ0n) is 13.1. The lowest BCUT2D eigenvalue weighted by Crippen LogP contribution is -2.28. The van der Waals surface area contributed by atoms with Crippen LogP contribution in [0.2, 0.25) is 0 Å². The number of hydrogen-bond acceptors (Lipinski definition) is 3. The molecule has 2 aromatic rings. The summed E-state index contributed by atoms with van der Waals surface area (Å²) in [6.45, 7) is 2.05. The van der Waals surface area contributed by atoms with Gasteiger partial charge >= 0.3 is 0 Å². The lowest BCUT2D eigenvalue weighted by atomic mass is 10.1. The van der Waals surface area contributed by atoms with E-state index in [0.717, 1.165) is 13.0 Å². The largest absolute Gasteiger partial charge is 0.376 e. The summed E-state index contributed by atoms with van der Waals surface area (Å²) in [7, 11) is 0. The summed E-state index contributed by atoms with van der Waals surface area (Å²) in [4.78, 5) is 0. The second kappa shape index (κ2) is 6.83. The third-order valence-corrected chi connectivity index (χ3v) is 4.67. The summed E-state index contributed by atoms with van der Waals surface area (Å²) in [5.74, 6) is 0.436. The van der Waals surface area contributed by atoms with Crippen LogP contribution in [0, 0.1) is 5.92 Å². The molecule has 2 fully saturated rings. The zero-order chi connectivity index (χ0) is 15.5. The van der Waals surface area contributed by atoms with E-state index in [9.17, 15) is 0 Å². The molecular weight excluding hydrogens is 288 g/mol. The van der Waals surface area contributed by atoms with Gasteiger partial charge < -0.3 is 14.2 Å². The van der Waals surface area contributed by atoms with Crippen LogP contribution in [-0.4, -0.2) is 24.9 Å². The maximum Gasteiger partial charge on any atom is 0.111 e. The zero-order valence-corrected chi connectivity index (χ0v) is 13.1. The van der Waals surface area contributed by atoms with E-state index in [1.807, 2.05) is 36.4 Å². The van der Waals surface area contributed by atoms with Crippen LogP contribution in [0.1, 0.15) is 17.5 Å². The Kier molecular flexibility index (Phi) is 4.42. The van der Waals surface area contributed by atoms with Gasteiger partial charge in [0.25, 0.3) is 0 Å². The second-order valence-electron chi connectivity index (χ2n) is 6.40. The lowest BCUT2D eigenvalue weighted by Gasteiger charge is -2.22. The molecule has 3 heteroatoms. The predicted molar refractivity (Wildman–Crippen MR) is 87.9 cm³/mol. The highest BCUT2D eigenvalue weighted by molar-refractivity contribution is 5.14. The molecule has 0 bridgehead atoms. The first kappa shape index (κ1) is 14.9. The van der Waals surface area contributed by atoms with Gasteiger partial charge in [-0.2, -0.15) is 0 Å². The maximum atomic E-state index is 6.15. The first-order chi connectivity index (χ1) is 11.4. The van der Waals surface area contributed by atoms with Crippen molar-refractivity contribution in [1.82, 2.24) is 0 Å². The van der Waals surface area contributed by atoms with E-state index in [0.29, 0.717) is 25.2 Å². The minimum atomic E-state index is 0.163. The van der Waals surface area contributed by atoms with Gasteiger partial charge in [-0.05, 0) is 17.5 Å². The Bertz CT molecular complexity index is 613. The molecule has 2 aromatic carbocycles. The van der Waals surface area contributed by atoms with Crippen molar-refractivity contribution < 1.29 is 14.2 Å². The van der Waals surface area contributed by atoms with Crippen molar-refractivity contribution in [2.75, 3.05) is 6.61 Å². The Hall–Kier alpha value is -1.68.